The zero-order chi connectivity index (χ0) is 19.7. The van der Waals surface area contributed by atoms with E-state index in [9.17, 15) is 18.0 Å². The van der Waals surface area contributed by atoms with Gasteiger partial charge in [0, 0.05) is 18.6 Å². The Hall–Kier alpha value is -1.93. The molecular weight excluding hydrogens is 377 g/mol. The lowest BCUT2D eigenvalue weighted by Gasteiger charge is -2.37. The lowest BCUT2D eigenvalue weighted by atomic mass is 9.73. The van der Waals surface area contributed by atoms with Crippen LogP contribution in [0.25, 0.3) is 0 Å². The standard InChI is InChI=1S/C19H21F3N2O2S/c1-12-3-5-14(6-4-12)18(7-9-26-10-8-18)17(25)23-13(2)16-24-15(11-27-16)19(20,21)22/h3-6,11,13H,7-10H2,1-2H3,(H,23,25). The van der Waals surface area contributed by atoms with Crippen LogP contribution in [0.2, 0.25) is 0 Å². The molecule has 1 saturated heterocycles. The summed E-state index contributed by atoms with van der Waals surface area (Å²) in [5.41, 5.74) is 0.320. The molecule has 146 valence electrons. The van der Waals surface area contributed by atoms with Gasteiger partial charge in [0.1, 0.15) is 5.01 Å². The summed E-state index contributed by atoms with van der Waals surface area (Å²) in [4.78, 5) is 16.8. The van der Waals surface area contributed by atoms with Crippen molar-refractivity contribution in [2.45, 2.75) is 44.3 Å². The van der Waals surface area contributed by atoms with Gasteiger partial charge in [-0.3, -0.25) is 4.79 Å². The minimum atomic E-state index is -4.48. The normalized spacial score (nSPS) is 18.1. The van der Waals surface area contributed by atoms with Crippen molar-refractivity contribution in [2.24, 2.45) is 0 Å². The van der Waals surface area contributed by atoms with Crippen molar-refractivity contribution < 1.29 is 22.7 Å². The van der Waals surface area contributed by atoms with Crippen LogP contribution in [0.3, 0.4) is 0 Å². The molecule has 0 radical (unpaired) electrons. The molecule has 1 amide bonds. The predicted octanol–water partition coefficient (Wildman–Crippen LogP) is 4.40. The number of aromatic nitrogens is 1. The van der Waals surface area contributed by atoms with Gasteiger partial charge in [-0.25, -0.2) is 4.98 Å². The van der Waals surface area contributed by atoms with Crippen LogP contribution in [0, 0.1) is 6.92 Å². The molecule has 0 saturated carbocycles. The second kappa shape index (κ2) is 7.59. The molecule has 1 fully saturated rings. The SMILES string of the molecule is Cc1ccc(C2(C(=O)NC(C)c3nc(C(F)(F)F)cs3)CCOCC2)cc1. The summed E-state index contributed by atoms with van der Waals surface area (Å²) in [5, 5.41) is 4.08. The van der Waals surface area contributed by atoms with Gasteiger partial charge in [0.05, 0.1) is 11.5 Å². The van der Waals surface area contributed by atoms with Crippen LogP contribution < -0.4 is 5.32 Å². The highest BCUT2D eigenvalue weighted by Gasteiger charge is 2.42. The Bertz CT molecular complexity index is 796. The molecular formula is C19H21F3N2O2S. The zero-order valence-corrected chi connectivity index (χ0v) is 15.9. The lowest BCUT2D eigenvalue weighted by Crippen LogP contribution is -2.48. The van der Waals surface area contributed by atoms with Gasteiger partial charge >= 0.3 is 6.18 Å². The van der Waals surface area contributed by atoms with Crippen molar-refractivity contribution in [1.82, 2.24) is 10.3 Å². The van der Waals surface area contributed by atoms with Gasteiger partial charge in [-0.1, -0.05) is 29.8 Å². The fraction of sp³-hybridized carbons (Fsp3) is 0.474. The molecule has 1 aromatic carbocycles. The van der Waals surface area contributed by atoms with Crippen LogP contribution in [0.4, 0.5) is 13.2 Å². The number of ether oxygens (including phenoxy) is 1. The Morgan fingerprint density at radius 1 is 1.26 bits per heavy atom. The molecule has 2 heterocycles. The summed E-state index contributed by atoms with van der Waals surface area (Å²) in [5.74, 6) is -0.203. The Morgan fingerprint density at radius 2 is 1.89 bits per heavy atom. The summed E-state index contributed by atoms with van der Waals surface area (Å²) < 4.78 is 43.8. The lowest BCUT2D eigenvalue weighted by molar-refractivity contribution is -0.140. The first kappa shape index (κ1) is 19.8. The molecule has 1 N–H and O–H groups in total. The van der Waals surface area contributed by atoms with E-state index in [0.717, 1.165) is 27.8 Å². The number of rotatable bonds is 4. The highest BCUT2D eigenvalue weighted by Crippen LogP contribution is 2.37. The second-order valence-electron chi connectivity index (χ2n) is 6.82. The monoisotopic (exact) mass is 398 g/mol. The van der Waals surface area contributed by atoms with Crippen LogP contribution in [0.5, 0.6) is 0 Å². The number of halogens is 3. The number of aryl methyl sites for hydroxylation is 1. The Morgan fingerprint density at radius 3 is 2.44 bits per heavy atom. The number of nitrogens with one attached hydrogen (secondary N) is 1. The van der Waals surface area contributed by atoms with Crippen LogP contribution in [0.15, 0.2) is 29.6 Å². The number of carbonyl (C=O) groups is 1. The van der Waals surface area contributed by atoms with E-state index in [4.69, 9.17) is 4.74 Å². The van der Waals surface area contributed by atoms with Crippen molar-refractivity contribution in [2.75, 3.05) is 13.2 Å². The van der Waals surface area contributed by atoms with Gasteiger partial charge in [-0.2, -0.15) is 13.2 Å². The molecule has 2 aromatic rings. The zero-order valence-electron chi connectivity index (χ0n) is 15.1. The molecule has 8 heteroatoms. The average Bonchev–Trinajstić information content (AvgIpc) is 3.13. The smallest absolute Gasteiger partial charge is 0.381 e. The number of hydrogen-bond donors (Lipinski definition) is 1. The van der Waals surface area contributed by atoms with Gasteiger partial charge < -0.3 is 10.1 Å². The largest absolute Gasteiger partial charge is 0.434 e. The molecule has 1 unspecified atom stereocenters. The molecule has 1 aliphatic heterocycles. The van der Waals surface area contributed by atoms with E-state index in [1.165, 1.54) is 0 Å². The van der Waals surface area contributed by atoms with Gasteiger partial charge in [0.15, 0.2) is 5.69 Å². The molecule has 1 aliphatic rings. The van der Waals surface area contributed by atoms with E-state index in [1.54, 1.807) is 6.92 Å². The number of benzene rings is 1. The molecule has 3 rings (SSSR count). The minimum absolute atomic E-state index is 0.203. The van der Waals surface area contributed by atoms with Crippen molar-refractivity contribution >= 4 is 17.2 Å². The third kappa shape index (κ3) is 4.16. The van der Waals surface area contributed by atoms with Crippen molar-refractivity contribution in [3.05, 3.63) is 51.5 Å². The summed E-state index contributed by atoms with van der Waals surface area (Å²) in [7, 11) is 0. The summed E-state index contributed by atoms with van der Waals surface area (Å²) in [6.07, 6.45) is -3.43. The van der Waals surface area contributed by atoms with E-state index in [1.807, 2.05) is 31.2 Å². The Labute approximate surface area is 159 Å². The fourth-order valence-electron chi connectivity index (χ4n) is 3.25. The summed E-state index contributed by atoms with van der Waals surface area (Å²) >= 11 is 0.899. The van der Waals surface area contributed by atoms with Crippen LogP contribution >= 0.6 is 11.3 Å². The molecule has 0 bridgehead atoms. The summed E-state index contributed by atoms with van der Waals surface area (Å²) in [6, 6.07) is 7.19. The van der Waals surface area contributed by atoms with E-state index < -0.39 is 23.3 Å². The van der Waals surface area contributed by atoms with Crippen molar-refractivity contribution in [3.8, 4) is 0 Å². The van der Waals surface area contributed by atoms with E-state index in [0.29, 0.717) is 26.1 Å². The average molecular weight is 398 g/mol. The quantitative estimate of drug-likeness (QED) is 0.831. The number of thiazole rings is 1. The maximum atomic E-state index is 13.2. The molecule has 1 aromatic heterocycles. The van der Waals surface area contributed by atoms with E-state index in [2.05, 4.69) is 10.3 Å². The van der Waals surface area contributed by atoms with Crippen molar-refractivity contribution in [3.63, 3.8) is 0 Å². The third-order valence-electron chi connectivity index (χ3n) is 4.92. The Balaban J connectivity index is 1.82. The molecule has 1 atom stereocenters. The van der Waals surface area contributed by atoms with Crippen LogP contribution in [-0.2, 0) is 21.1 Å². The van der Waals surface area contributed by atoms with Crippen LogP contribution in [0.1, 0.15) is 47.6 Å². The molecule has 0 spiro atoms. The number of hydrogen-bond acceptors (Lipinski definition) is 4. The highest BCUT2D eigenvalue weighted by atomic mass is 32.1. The van der Waals surface area contributed by atoms with Gasteiger partial charge in [-0.15, -0.1) is 11.3 Å². The number of alkyl halides is 3. The first-order valence-corrected chi connectivity index (χ1v) is 9.59. The molecule has 0 aliphatic carbocycles. The van der Waals surface area contributed by atoms with Gasteiger partial charge in [0.2, 0.25) is 5.91 Å². The maximum absolute atomic E-state index is 13.2. The first-order chi connectivity index (χ1) is 12.7. The maximum Gasteiger partial charge on any atom is 0.434 e. The van der Waals surface area contributed by atoms with Crippen LogP contribution in [-0.4, -0.2) is 24.1 Å². The third-order valence-corrected chi connectivity index (χ3v) is 5.94. The first-order valence-electron chi connectivity index (χ1n) is 8.71. The number of carbonyl (C=O) groups excluding carboxylic acids is 1. The van der Waals surface area contributed by atoms with Gasteiger partial charge in [-0.05, 0) is 32.3 Å². The highest BCUT2D eigenvalue weighted by molar-refractivity contribution is 7.09. The topological polar surface area (TPSA) is 51.2 Å². The minimum Gasteiger partial charge on any atom is -0.381 e. The second-order valence-corrected chi connectivity index (χ2v) is 7.71. The molecule has 27 heavy (non-hydrogen) atoms. The number of amides is 1. The van der Waals surface area contributed by atoms with E-state index >= 15 is 0 Å². The predicted molar refractivity (Wildman–Crippen MR) is 96.6 cm³/mol. The fourth-order valence-corrected chi connectivity index (χ4v) is 4.09. The van der Waals surface area contributed by atoms with Gasteiger partial charge in [0.25, 0.3) is 0 Å². The number of nitrogens with zero attached hydrogens (tertiary/aromatic N) is 1. The van der Waals surface area contributed by atoms with Crippen molar-refractivity contribution in [1.29, 1.82) is 0 Å². The van der Waals surface area contributed by atoms with E-state index in [-0.39, 0.29) is 10.9 Å². The molecule has 4 nitrogen and oxygen atoms in total. The Kier molecular flexibility index (Phi) is 5.58. The summed E-state index contributed by atoms with van der Waals surface area (Å²) in [6.45, 7) is 4.55.